The molecule has 0 aromatic rings. The lowest BCUT2D eigenvalue weighted by Gasteiger charge is -2.40. The van der Waals surface area contributed by atoms with Crippen molar-refractivity contribution in [2.45, 2.75) is 378 Å². The Hall–Kier alpha value is -1.07. The van der Waals surface area contributed by atoms with Crippen molar-refractivity contribution in [1.29, 1.82) is 0 Å². The SMILES string of the molecule is CCCCCCCCCCCCCCCCCCCCCCCCCCCCCCCCC/C=C/C(O)C(COC1OC(CO)C(O)C(O)C1O)NC(=O)CCCCCCCCCCCCCCCCCCC. The lowest BCUT2D eigenvalue weighted by Crippen LogP contribution is -2.60. The number of carbonyl (C=O) groups is 1. The molecule has 0 bridgehead atoms. The number of carbonyl (C=O) groups excluding carboxylic acids is 1. The molecule has 1 aliphatic heterocycles. The number of aliphatic hydroxyl groups excluding tert-OH is 5. The van der Waals surface area contributed by atoms with Crippen molar-refractivity contribution in [1.82, 2.24) is 5.32 Å². The maximum atomic E-state index is 13.1. The summed E-state index contributed by atoms with van der Waals surface area (Å²) in [4.78, 5) is 13.1. The molecule has 1 amide bonds. The quantitative estimate of drug-likeness (QED) is 0.0261. The van der Waals surface area contributed by atoms with Gasteiger partial charge in [0.15, 0.2) is 6.29 Å². The van der Waals surface area contributed by atoms with E-state index in [1.54, 1.807) is 6.08 Å². The number of aliphatic hydroxyl groups is 5. The molecule has 434 valence electrons. The van der Waals surface area contributed by atoms with Gasteiger partial charge in [0.05, 0.1) is 25.4 Å². The van der Waals surface area contributed by atoms with Crippen LogP contribution in [0.4, 0.5) is 0 Å². The molecule has 7 unspecified atom stereocenters. The molecule has 1 heterocycles. The van der Waals surface area contributed by atoms with Crippen LogP contribution in [0.15, 0.2) is 12.2 Å². The number of hydrogen-bond acceptors (Lipinski definition) is 8. The van der Waals surface area contributed by atoms with Crippen LogP contribution in [0.2, 0.25) is 0 Å². The van der Waals surface area contributed by atoms with Crippen molar-refractivity contribution in [3.05, 3.63) is 12.2 Å². The van der Waals surface area contributed by atoms with Crippen LogP contribution >= 0.6 is 0 Å². The Bertz CT molecular complexity index is 1150. The molecule has 9 heteroatoms. The van der Waals surface area contributed by atoms with Crippen LogP contribution in [0.3, 0.4) is 0 Å². The van der Waals surface area contributed by atoms with Crippen LogP contribution < -0.4 is 5.32 Å². The first-order valence-corrected chi connectivity index (χ1v) is 32.4. The fourth-order valence-electron chi connectivity index (χ4n) is 10.8. The van der Waals surface area contributed by atoms with Crippen molar-refractivity contribution in [3.8, 4) is 0 Å². The van der Waals surface area contributed by atoms with Gasteiger partial charge in [-0.25, -0.2) is 0 Å². The van der Waals surface area contributed by atoms with Crippen LogP contribution in [0.5, 0.6) is 0 Å². The highest BCUT2D eigenvalue weighted by molar-refractivity contribution is 5.76. The van der Waals surface area contributed by atoms with Crippen molar-refractivity contribution in [3.63, 3.8) is 0 Å². The minimum atomic E-state index is -1.56. The highest BCUT2D eigenvalue weighted by Crippen LogP contribution is 2.23. The molecule has 1 rings (SSSR count). The molecule has 0 aromatic heterocycles. The van der Waals surface area contributed by atoms with E-state index in [4.69, 9.17) is 9.47 Å². The van der Waals surface area contributed by atoms with E-state index in [-0.39, 0.29) is 12.5 Å². The second-order valence-corrected chi connectivity index (χ2v) is 22.9. The number of nitrogens with one attached hydrogen (secondary N) is 1. The van der Waals surface area contributed by atoms with E-state index in [2.05, 4.69) is 19.2 Å². The van der Waals surface area contributed by atoms with Gasteiger partial charge in [0.1, 0.15) is 24.4 Å². The van der Waals surface area contributed by atoms with E-state index < -0.39 is 49.5 Å². The highest BCUT2D eigenvalue weighted by atomic mass is 16.7. The topological polar surface area (TPSA) is 149 Å². The predicted octanol–water partition coefficient (Wildman–Crippen LogP) is 16.7. The minimum absolute atomic E-state index is 0.169. The van der Waals surface area contributed by atoms with Gasteiger partial charge in [-0.15, -0.1) is 0 Å². The monoisotopic (exact) mass is 1040 g/mol. The van der Waals surface area contributed by atoms with Gasteiger partial charge in [0, 0.05) is 6.42 Å². The summed E-state index contributed by atoms with van der Waals surface area (Å²) >= 11 is 0. The van der Waals surface area contributed by atoms with Gasteiger partial charge in [0.2, 0.25) is 5.91 Å². The third kappa shape index (κ3) is 43.6. The van der Waals surface area contributed by atoms with Crippen LogP contribution in [-0.2, 0) is 14.3 Å². The first-order valence-electron chi connectivity index (χ1n) is 32.4. The standard InChI is InChI=1S/C64H125NO8/c1-3-5-7-9-11-13-15-17-19-21-22-23-24-25-26-27-28-29-30-31-32-33-34-35-36-38-39-41-43-45-47-49-51-53-58(67)57(56-72-64-63(71)62(70)61(69)59(55-66)73-64)65-60(68)54-52-50-48-46-44-42-40-37-20-18-16-14-12-10-8-6-4-2/h51,53,57-59,61-64,66-67,69-71H,3-50,52,54-56H2,1-2H3,(H,65,68)/b53-51+. The van der Waals surface area contributed by atoms with E-state index in [1.165, 1.54) is 276 Å². The first kappa shape index (κ1) is 69.9. The third-order valence-electron chi connectivity index (χ3n) is 15.9. The molecule has 1 aliphatic rings. The molecule has 0 spiro atoms. The summed E-state index contributed by atoms with van der Waals surface area (Å²) in [7, 11) is 0. The molecule has 9 nitrogen and oxygen atoms in total. The summed E-state index contributed by atoms with van der Waals surface area (Å²) in [6.07, 6.45) is 61.7. The van der Waals surface area contributed by atoms with E-state index >= 15 is 0 Å². The van der Waals surface area contributed by atoms with Crippen molar-refractivity contribution < 1.29 is 39.8 Å². The Morgan fingerprint density at radius 3 is 1.07 bits per heavy atom. The molecule has 6 N–H and O–H groups in total. The summed E-state index contributed by atoms with van der Waals surface area (Å²) in [5, 5.41) is 54.6. The Kier molecular flexibility index (Phi) is 52.0. The lowest BCUT2D eigenvalue weighted by atomic mass is 9.99. The van der Waals surface area contributed by atoms with Crippen molar-refractivity contribution in [2.75, 3.05) is 13.2 Å². The van der Waals surface area contributed by atoms with Gasteiger partial charge in [-0.3, -0.25) is 4.79 Å². The number of unbranched alkanes of at least 4 members (excludes halogenated alkanes) is 47. The van der Waals surface area contributed by atoms with Crippen LogP contribution in [-0.4, -0.2) is 87.5 Å². The summed E-state index contributed by atoms with van der Waals surface area (Å²) in [5.74, 6) is -0.169. The molecule has 7 atom stereocenters. The lowest BCUT2D eigenvalue weighted by molar-refractivity contribution is -0.302. The van der Waals surface area contributed by atoms with Crippen molar-refractivity contribution in [2.24, 2.45) is 0 Å². The number of hydrogen-bond donors (Lipinski definition) is 6. The summed E-state index contributed by atoms with van der Waals surface area (Å²) < 4.78 is 11.3. The fourth-order valence-corrected chi connectivity index (χ4v) is 10.8. The normalized spacial score (nSPS) is 19.0. The largest absolute Gasteiger partial charge is 0.394 e. The van der Waals surface area contributed by atoms with Gasteiger partial charge in [-0.2, -0.15) is 0 Å². The fraction of sp³-hybridized carbons (Fsp3) is 0.953. The predicted molar refractivity (Wildman–Crippen MR) is 309 cm³/mol. The molecule has 0 aromatic carbocycles. The molecular weight excluding hydrogens is 911 g/mol. The van der Waals surface area contributed by atoms with Gasteiger partial charge in [0.25, 0.3) is 0 Å². The molecule has 73 heavy (non-hydrogen) atoms. The van der Waals surface area contributed by atoms with E-state index in [9.17, 15) is 30.3 Å². The second-order valence-electron chi connectivity index (χ2n) is 22.9. The van der Waals surface area contributed by atoms with E-state index in [0.717, 1.165) is 38.5 Å². The average Bonchev–Trinajstić information content (AvgIpc) is 3.39. The van der Waals surface area contributed by atoms with E-state index in [1.807, 2.05) is 6.08 Å². The minimum Gasteiger partial charge on any atom is -0.394 e. The maximum absolute atomic E-state index is 13.1. The van der Waals surface area contributed by atoms with Crippen LogP contribution in [0, 0.1) is 0 Å². The van der Waals surface area contributed by atoms with Gasteiger partial charge < -0.3 is 40.3 Å². The number of allylic oxidation sites excluding steroid dienone is 1. The molecule has 0 aliphatic carbocycles. The smallest absolute Gasteiger partial charge is 0.220 e. The van der Waals surface area contributed by atoms with Crippen LogP contribution in [0.1, 0.15) is 335 Å². The zero-order valence-corrected chi connectivity index (χ0v) is 48.4. The zero-order chi connectivity index (χ0) is 52.9. The highest BCUT2D eigenvalue weighted by Gasteiger charge is 2.44. The molecule has 1 saturated heterocycles. The summed E-state index contributed by atoms with van der Waals surface area (Å²) in [5.41, 5.74) is 0. The zero-order valence-electron chi connectivity index (χ0n) is 48.4. The van der Waals surface area contributed by atoms with Gasteiger partial charge in [-0.05, 0) is 19.3 Å². The Morgan fingerprint density at radius 1 is 0.452 bits per heavy atom. The average molecular weight is 1040 g/mol. The number of ether oxygens (including phenoxy) is 2. The Labute approximate surface area is 452 Å². The summed E-state index contributed by atoms with van der Waals surface area (Å²) in [6.45, 7) is 3.83. The second kappa shape index (κ2) is 54.3. The first-order chi connectivity index (χ1) is 35.8. The molecule has 0 radical (unpaired) electrons. The van der Waals surface area contributed by atoms with Crippen molar-refractivity contribution >= 4 is 5.91 Å². The maximum Gasteiger partial charge on any atom is 0.220 e. The molecule has 0 saturated carbocycles. The number of rotatable bonds is 57. The van der Waals surface area contributed by atoms with Crippen LogP contribution in [0.25, 0.3) is 0 Å². The Morgan fingerprint density at radius 2 is 0.753 bits per heavy atom. The molecule has 1 fully saturated rings. The number of amides is 1. The Balaban J connectivity index is 2.11. The summed E-state index contributed by atoms with van der Waals surface area (Å²) in [6, 6.07) is -0.801. The van der Waals surface area contributed by atoms with Gasteiger partial charge >= 0.3 is 0 Å². The third-order valence-corrected chi connectivity index (χ3v) is 15.9. The van der Waals surface area contributed by atoms with E-state index in [0.29, 0.717) is 6.42 Å². The van der Waals surface area contributed by atoms with Gasteiger partial charge in [-0.1, -0.05) is 321 Å². The molecular formula is C64H125NO8.